The molecule has 1 N–H and O–H groups in total. The number of rotatable bonds is 6. The van der Waals surface area contributed by atoms with Crippen molar-refractivity contribution in [2.75, 3.05) is 13.7 Å². The Balaban J connectivity index is 1.80. The van der Waals surface area contributed by atoms with Crippen molar-refractivity contribution in [3.05, 3.63) is 65.2 Å². The molecule has 3 heteroatoms. The van der Waals surface area contributed by atoms with Crippen LogP contribution in [0.4, 0.5) is 0 Å². The molecule has 0 bridgehead atoms. The Morgan fingerprint density at radius 2 is 1.85 bits per heavy atom. The van der Waals surface area contributed by atoms with E-state index in [1.54, 1.807) is 7.11 Å². The summed E-state index contributed by atoms with van der Waals surface area (Å²) in [5.74, 6) is 0.879. The van der Waals surface area contributed by atoms with Gasteiger partial charge < -0.3 is 10.1 Å². The van der Waals surface area contributed by atoms with Gasteiger partial charge in [0.05, 0.1) is 18.7 Å². The van der Waals surface area contributed by atoms with E-state index in [0.717, 1.165) is 36.4 Å². The highest BCUT2D eigenvalue weighted by Crippen LogP contribution is 2.11. The van der Waals surface area contributed by atoms with Crippen molar-refractivity contribution >= 4 is 0 Å². The lowest BCUT2D eigenvalue weighted by molar-refractivity contribution is 0.414. The number of hydrogen-bond donors (Lipinski definition) is 1. The van der Waals surface area contributed by atoms with Crippen LogP contribution in [0.2, 0.25) is 0 Å². The molecule has 0 spiro atoms. The summed E-state index contributed by atoms with van der Waals surface area (Å²) in [5, 5.41) is 12.4. The van der Waals surface area contributed by atoms with E-state index in [1.807, 2.05) is 36.4 Å². The molecular weight excluding hydrogens is 248 g/mol. The minimum Gasteiger partial charge on any atom is -0.497 e. The molecule has 102 valence electrons. The molecule has 0 radical (unpaired) electrons. The molecule has 0 fully saturated rings. The summed E-state index contributed by atoms with van der Waals surface area (Å²) in [5.41, 5.74) is 3.06. The van der Waals surface area contributed by atoms with Gasteiger partial charge >= 0.3 is 0 Å². The molecular formula is C17H18N2O. The van der Waals surface area contributed by atoms with Gasteiger partial charge in [-0.1, -0.05) is 30.3 Å². The largest absolute Gasteiger partial charge is 0.497 e. The average molecular weight is 266 g/mol. The van der Waals surface area contributed by atoms with E-state index in [-0.39, 0.29) is 0 Å². The molecule has 0 aliphatic rings. The Kier molecular flexibility index (Phi) is 5.16. The number of nitriles is 1. The van der Waals surface area contributed by atoms with Crippen molar-refractivity contribution < 1.29 is 4.74 Å². The number of methoxy groups -OCH3 is 1. The highest BCUT2D eigenvalue weighted by atomic mass is 16.5. The van der Waals surface area contributed by atoms with E-state index in [4.69, 9.17) is 10.00 Å². The topological polar surface area (TPSA) is 45.0 Å². The first-order valence-electron chi connectivity index (χ1n) is 6.65. The minimum absolute atomic E-state index is 0.722. The van der Waals surface area contributed by atoms with Gasteiger partial charge in [0.15, 0.2) is 0 Å². The first-order valence-corrected chi connectivity index (χ1v) is 6.65. The number of benzene rings is 2. The van der Waals surface area contributed by atoms with Crippen LogP contribution in [0, 0.1) is 11.3 Å². The zero-order chi connectivity index (χ0) is 14.2. The second-order valence-corrected chi connectivity index (χ2v) is 4.54. The lowest BCUT2D eigenvalue weighted by Gasteiger charge is -2.07. The van der Waals surface area contributed by atoms with Crippen LogP contribution < -0.4 is 10.1 Å². The Labute approximate surface area is 119 Å². The van der Waals surface area contributed by atoms with Crippen LogP contribution >= 0.6 is 0 Å². The van der Waals surface area contributed by atoms with Gasteiger partial charge in [0.25, 0.3) is 0 Å². The van der Waals surface area contributed by atoms with Gasteiger partial charge in [-0.2, -0.15) is 5.26 Å². The van der Waals surface area contributed by atoms with Crippen molar-refractivity contribution in [3.8, 4) is 11.8 Å². The van der Waals surface area contributed by atoms with E-state index >= 15 is 0 Å². The van der Waals surface area contributed by atoms with Crippen LogP contribution in [0.1, 0.15) is 16.7 Å². The number of hydrogen-bond acceptors (Lipinski definition) is 3. The lowest BCUT2D eigenvalue weighted by Crippen LogP contribution is -2.17. The summed E-state index contributed by atoms with van der Waals surface area (Å²) in [6, 6.07) is 18.0. The number of nitrogens with zero attached hydrogens (tertiary/aromatic N) is 1. The van der Waals surface area contributed by atoms with Crippen LogP contribution in [0.15, 0.2) is 48.5 Å². The molecule has 20 heavy (non-hydrogen) atoms. The summed E-state index contributed by atoms with van der Waals surface area (Å²) in [4.78, 5) is 0. The first kappa shape index (κ1) is 14.1. The molecule has 0 aliphatic carbocycles. The maximum absolute atomic E-state index is 9.01. The van der Waals surface area contributed by atoms with Gasteiger partial charge in [-0.25, -0.2) is 0 Å². The number of nitrogens with one attached hydrogen (secondary N) is 1. The quantitative estimate of drug-likeness (QED) is 0.818. The zero-order valence-corrected chi connectivity index (χ0v) is 11.6. The molecule has 2 aromatic carbocycles. The predicted molar refractivity (Wildman–Crippen MR) is 79.6 cm³/mol. The van der Waals surface area contributed by atoms with Gasteiger partial charge in [0, 0.05) is 6.54 Å². The van der Waals surface area contributed by atoms with Crippen molar-refractivity contribution in [3.63, 3.8) is 0 Å². The highest BCUT2D eigenvalue weighted by Gasteiger charge is 2.00. The SMILES string of the molecule is COc1ccc(CCNCc2ccccc2C#N)cc1. The van der Waals surface area contributed by atoms with Crippen LogP contribution in [-0.2, 0) is 13.0 Å². The summed E-state index contributed by atoms with van der Waals surface area (Å²) in [6.07, 6.45) is 0.957. The van der Waals surface area contributed by atoms with Gasteiger partial charge in [0.1, 0.15) is 5.75 Å². The molecule has 0 atom stereocenters. The Morgan fingerprint density at radius 1 is 1.10 bits per heavy atom. The summed E-state index contributed by atoms with van der Waals surface area (Å²) < 4.78 is 5.13. The van der Waals surface area contributed by atoms with Crippen LogP contribution in [0.5, 0.6) is 5.75 Å². The van der Waals surface area contributed by atoms with E-state index in [2.05, 4.69) is 23.5 Å². The molecule has 0 aliphatic heterocycles. The van der Waals surface area contributed by atoms with Gasteiger partial charge in [-0.3, -0.25) is 0 Å². The van der Waals surface area contributed by atoms with E-state index in [1.165, 1.54) is 5.56 Å². The molecule has 0 saturated heterocycles. The third kappa shape index (κ3) is 3.84. The molecule has 0 aromatic heterocycles. The second-order valence-electron chi connectivity index (χ2n) is 4.54. The van der Waals surface area contributed by atoms with Crippen molar-refractivity contribution in [1.29, 1.82) is 5.26 Å². The lowest BCUT2D eigenvalue weighted by atomic mass is 10.1. The van der Waals surface area contributed by atoms with Crippen molar-refractivity contribution in [2.45, 2.75) is 13.0 Å². The summed E-state index contributed by atoms with van der Waals surface area (Å²) >= 11 is 0. The normalized spacial score (nSPS) is 10.0. The Hall–Kier alpha value is -2.31. The zero-order valence-electron chi connectivity index (χ0n) is 11.6. The number of ether oxygens (including phenoxy) is 1. The molecule has 2 rings (SSSR count). The van der Waals surface area contributed by atoms with Crippen molar-refractivity contribution in [1.82, 2.24) is 5.32 Å². The summed E-state index contributed by atoms with van der Waals surface area (Å²) in [6.45, 7) is 1.60. The van der Waals surface area contributed by atoms with E-state index < -0.39 is 0 Å². The predicted octanol–water partition coefficient (Wildman–Crippen LogP) is 2.90. The van der Waals surface area contributed by atoms with E-state index in [9.17, 15) is 0 Å². The van der Waals surface area contributed by atoms with Gasteiger partial charge in [0.2, 0.25) is 0 Å². The molecule has 0 heterocycles. The van der Waals surface area contributed by atoms with Crippen LogP contribution in [0.25, 0.3) is 0 Å². The smallest absolute Gasteiger partial charge is 0.118 e. The fourth-order valence-corrected chi connectivity index (χ4v) is 2.03. The standard InChI is InChI=1S/C17H18N2O/c1-20-17-8-6-14(7-9-17)10-11-19-13-16-5-3-2-4-15(16)12-18/h2-9,19H,10-11,13H2,1H3. The Bertz CT molecular complexity index is 585. The molecule has 3 nitrogen and oxygen atoms in total. The maximum atomic E-state index is 9.01. The molecule has 2 aromatic rings. The van der Waals surface area contributed by atoms with Gasteiger partial charge in [-0.15, -0.1) is 0 Å². The van der Waals surface area contributed by atoms with Crippen LogP contribution in [0.3, 0.4) is 0 Å². The second kappa shape index (κ2) is 7.32. The average Bonchev–Trinajstić information content (AvgIpc) is 2.52. The Morgan fingerprint density at radius 3 is 2.55 bits per heavy atom. The molecule has 0 amide bonds. The van der Waals surface area contributed by atoms with Crippen LogP contribution in [-0.4, -0.2) is 13.7 Å². The van der Waals surface area contributed by atoms with E-state index in [0.29, 0.717) is 0 Å². The fourth-order valence-electron chi connectivity index (χ4n) is 2.03. The summed E-state index contributed by atoms with van der Waals surface area (Å²) in [7, 11) is 1.67. The first-order chi connectivity index (χ1) is 9.83. The minimum atomic E-state index is 0.722. The molecule has 0 unspecified atom stereocenters. The highest BCUT2D eigenvalue weighted by molar-refractivity contribution is 5.37. The van der Waals surface area contributed by atoms with Gasteiger partial charge in [-0.05, 0) is 42.3 Å². The third-order valence-corrected chi connectivity index (χ3v) is 3.20. The third-order valence-electron chi connectivity index (χ3n) is 3.20. The van der Waals surface area contributed by atoms with Crippen molar-refractivity contribution in [2.24, 2.45) is 0 Å². The maximum Gasteiger partial charge on any atom is 0.118 e. The molecule has 0 saturated carbocycles. The monoisotopic (exact) mass is 266 g/mol. The fraction of sp³-hybridized carbons (Fsp3) is 0.235.